The van der Waals surface area contributed by atoms with E-state index in [2.05, 4.69) is 22.6 Å². The van der Waals surface area contributed by atoms with Crippen LogP contribution in [0.5, 0.6) is 5.75 Å². The third-order valence-electron chi connectivity index (χ3n) is 2.17. The zero-order chi connectivity index (χ0) is 13.1. The molecule has 0 spiro atoms. The van der Waals surface area contributed by atoms with Crippen molar-refractivity contribution in [3.63, 3.8) is 0 Å². The zero-order valence-corrected chi connectivity index (χ0v) is 12.3. The minimum absolute atomic E-state index is 0.586. The van der Waals surface area contributed by atoms with Gasteiger partial charge in [0.05, 0.1) is 7.11 Å². The lowest BCUT2D eigenvalue weighted by molar-refractivity contribution is 0.0460. The Balaban J connectivity index is 2.87. The van der Waals surface area contributed by atoms with Gasteiger partial charge in [0.25, 0.3) is 0 Å². The summed E-state index contributed by atoms with van der Waals surface area (Å²) in [5, 5.41) is 0. The number of halogens is 1. The van der Waals surface area contributed by atoms with Crippen LogP contribution in [0.15, 0.2) is 18.2 Å². The van der Waals surface area contributed by atoms with E-state index in [-0.39, 0.29) is 0 Å². The summed E-state index contributed by atoms with van der Waals surface area (Å²) in [5.74, 6) is 0.793. The highest BCUT2D eigenvalue weighted by atomic mass is 127. The highest BCUT2D eigenvalue weighted by molar-refractivity contribution is 14.1. The number of primary amides is 1. The van der Waals surface area contributed by atoms with Crippen LogP contribution in [-0.2, 0) is 11.2 Å². The third-order valence-corrected chi connectivity index (χ3v) is 2.80. The second kappa shape index (κ2) is 5.57. The molecule has 1 aromatic carbocycles. The zero-order valence-electron chi connectivity index (χ0n) is 10.1. The molecule has 0 unspecified atom stereocenters. The van der Waals surface area contributed by atoms with Crippen molar-refractivity contribution in [3.05, 3.63) is 27.3 Å². The van der Waals surface area contributed by atoms with E-state index < -0.39 is 11.7 Å². The molecule has 4 nitrogen and oxygen atoms in total. The van der Waals surface area contributed by atoms with Gasteiger partial charge in [-0.3, -0.25) is 0 Å². The van der Waals surface area contributed by atoms with E-state index >= 15 is 0 Å². The number of nitrogens with two attached hydrogens (primary N) is 1. The molecule has 0 aromatic heterocycles. The molecule has 0 fully saturated rings. The average Bonchev–Trinajstić information content (AvgIpc) is 2.13. The minimum atomic E-state index is -0.757. The van der Waals surface area contributed by atoms with Crippen molar-refractivity contribution in [1.82, 2.24) is 0 Å². The van der Waals surface area contributed by atoms with Gasteiger partial charge in [-0.15, -0.1) is 0 Å². The fourth-order valence-corrected chi connectivity index (χ4v) is 2.35. The molecule has 0 bridgehead atoms. The molecule has 17 heavy (non-hydrogen) atoms. The van der Waals surface area contributed by atoms with E-state index in [0.29, 0.717) is 6.42 Å². The first-order valence-corrected chi connectivity index (χ1v) is 6.22. The Labute approximate surface area is 115 Å². The van der Waals surface area contributed by atoms with Gasteiger partial charge < -0.3 is 15.2 Å². The molecule has 0 aliphatic heterocycles. The molecular weight excluding hydrogens is 333 g/mol. The Hall–Kier alpha value is -0.980. The number of ether oxygens (including phenoxy) is 2. The number of hydrogen-bond donors (Lipinski definition) is 1. The maximum atomic E-state index is 10.8. The van der Waals surface area contributed by atoms with Gasteiger partial charge >= 0.3 is 6.09 Å². The third kappa shape index (κ3) is 4.80. The van der Waals surface area contributed by atoms with Crippen LogP contribution in [0.2, 0.25) is 0 Å². The summed E-state index contributed by atoms with van der Waals surface area (Å²) in [6.07, 6.45) is -0.170. The SMILES string of the molecule is COc1cc(I)cc(CC(C)(C)OC(N)=O)c1. The smallest absolute Gasteiger partial charge is 0.405 e. The maximum Gasteiger partial charge on any atom is 0.405 e. The second-order valence-corrected chi connectivity index (χ2v) is 5.60. The molecule has 1 aromatic rings. The number of hydrogen-bond acceptors (Lipinski definition) is 3. The number of rotatable bonds is 4. The predicted molar refractivity (Wildman–Crippen MR) is 74.2 cm³/mol. The summed E-state index contributed by atoms with van der Waals surface area (Å²) in [6.45, 7) is 3.65. The summed E-state index contributed by atoms with van der Waals surface area (Å²) >= 11 is 2.22. The molecule has 1 amide bonds. The lowest BCUT2D eigenvalue weighted by atomic mass is 9.98. The van der Waals surface area contributed by atoms with Crippen molar-refractivity contribution in [1.29, 1.82) is 0 Å². The molecule has 2 N–H and O–H groups in total. The number of carbonyl (C=O) groups is 1. The molecule has 5 heteroatoms. The van der Waals surface area contributed by atoms with Gasteiger partial charge in [0.2, 0.25) is 0 Å². The fraction of sp³-hybridized carbons (Fsp3) is 0.417. The van der Waals surface area contributed by atoms with Crippen molar-refractivity contribution in [2.24, 2.45) is 5.73 Å². The Morgan fingerprint density at radius 1 is 1.41 bits per heavy atom. The van der Waals surface area contributed by atoms with Gasteiger partial charge in [-0.05, 0) is 60.2 Å². The molecule has 0 atom stereocenters. The lowest BCUT2D eigenvalue weighted by Gasteiger charge is -2.24. The normalized spacial score (nSPS) is 11.1. The first-order valence-electron chi connectivity index (χ1n) is 5.14. The van der Waals surface area contributed by atoms with Crippen molar-refractivity contribution in [2.75, 3.05) is 7.11 Å². The summed E-state index contributed by atoms with van der Waals surface area (Å²) in [5.41, 5.74) is 5.45. The molecule has 0 aliphatic carbocycles. The Kier molecular flexibility index (Phi) is 4.62. The molecule has 1 rings (SSSR count). The minimum Gasteiger partial charge on any atom is -0.497 e. The quantitative estimate of drug-likeness (QED) is 0.851. The van der Waals surface area contributed by atoms with Crippen LogP contribution in [0.4, 0.5) is 4.79 Å². The van der Waals surface area contributed by atoms with Gasteiger partial charge in [-0.25, -0.2) is 4.79 Å². The standard InChI is InChI=1S/C12H16INO3/c1-12(2,17-11(14)15)7-8-4-9(13)6-10(5-8)16-3/h4-6H,7H2,1-3H3,(H2,14,15). The van der Waals surface area contributed by atoms with Crippen LogP contribution in [0.25, 0.3) is 0 Å². The topological polar surface area (TPSA) is 61.6 Å². The fourth-order valence-electron chi connectivity index (χ4n) is 1.64. The van der Waals surface area contributed by atoms with Crippen molar-refractivity contribution >= 4 is 28.7 Å². The van der Waals surface area contributed by atoms with Gasteiger partial charge in [-0.1, -0.05) is 0 Å². The first kappa shape index (κ1) is 14.1. The maximum absolute atomic E-state index is 10.8. The van der Waals surface area contributed by atoms with E-state index in [9.17, 15) is 4.79 Å². The van der Waals surface area contributed by atoms with Gasteiger partial charge in [0, 0.05) is 9.99 Å². The molecular formula is C12H16INO3. The van der Waals surface area contributed by atoms with Gasteiger partial charge in [-0.2, -0.15) is 0 Å². The van der Waals surface area contributed by atoms with E-state index in [4.69, 9.17) is 15.2 Å². The monoisotopic (exact) mass is 349 g/mol. The molecule has 0 aliphatic rings. The molecule has 0 heterocycles. The van der Waals surface area contributed by atoms with Crippen molar-refractivity contribution in [2.45, 2.75) is 25.9 Å². The van der Waals surface area contributed by atoms with Crippen LogP contribution in [0.3, 0.4) is 0 Å². The Morgan fingerprint density at radius 3 is 2.59 bits per heavy atom. The average molecular weight is 349 g/mol. The van der Waals surface area contributed by atoms with E-state index in [1.807, 2.05) is 32.0 Å². The second-order valence-electron chi connectivity index (χ2n) is 4.36. The highest BCUT2D eigenvalue weighted by Gasteiger charge is 2.22. The van der Waals surface area contributed by atoms with Gasteiger partial charge in [0.1, 0.15) is 11.4 Å². The summed E-state index contributed by atoms with van der Waals surface area (Å²) in [7, 11) is 1.63. The van der Waals surface area contributed by atoms with Crippen LogP contribution < -0.4 is 10.5 Å². The molecule has 94 valence electrons. The number of methoxy groups -OCH3 is 1. The van der Waals surface area contributed by atoms with E-state index in [1.165, 1.54) is 0 Å². The van der Waals surface area contributed by atoms with E-state index in [1.54, 1.807) is 7.11 Å². The van der Waals surface area contributed by atoms with Gasteiger partial charge in [0.15, 0.2) is 0 Å². The summed E-state index contributed by atoms with van der Waals surface area (Å²) in [4.78, 5) is 10.8. The highest BCUT2D eigenvalue weighted by Crippen LogP contribution is 2.23. The summed E-state index contributed by atoms with van der Waals surface area (Å²) in [6, 6.07) is 5.88. The summed E-state index contributed by atoms with van der Waals surface area (Å²) < 4.78 is 11.3. The molecule has 0 radical (unpaired) electrons. The van der Waals surface area contributed by atoms with Crippen LogP contribution in [0, 0.1) is 3.57 Å². The largest absolute Gasteiger partial charge is 0.497 e. The van der Waals surface area contributed by atoms with Crippen LogP contribution >= 0.6 is 22.6 Å². The Bertz CT molecular complexity index is 418. The number of benzene rings is 1. The Morgan fingerprint density at radius 2 is 2.06 bits per heavy atom. The number of carbonyl (C=O) groups excluding carboxylic acids is 1. The van der Waals surface area contributed by atoms with Crippen molar-refractivity contribution in [3.8, 4) is 5.75 Å². The van der Waals surface area contributed by atoms with Crippen LogP contribution in [-0.4, -0.2) is 18.8 Å². The predicted octanol–water partition coefficient (Wildman–Crippen LogP) is 2.72. The van der Waals surface area contributed by atoms with Crippen LogP contribution in [0.1, 0.15) is 19.4 Å². The van der Waals surface area contributed by atoms with E-state index in [0.717, 1.165) is 14.9 Å². The molecule has 0 saturated carbocycles. The van der Waals surface area contributed by atoms with Crippen molar-refractivity contribution < 1.29 is 14.3 Å². The first-order chi connectivity index (χ1) is 7.82. The lowest BCUT2D eigenvalue weighted by Crippen LogP contribution is -2.33. The number of amides is 1. The molecule has 0 saturated heterocycles.